The molecule has 0 spiro atoms. The fourth-order valence-corrected chi connectivity index (χ4v) is 3.80. The number of nitrogens with one attached hydrogen (secondary N) is 1. The molecule has 0 radical (unpaired) electrons. The van der Waals surface area contributed by atoms with Crippen molar-refractivity contribution < 1.29 is 0 Å². The third-order valence-corrected chi connectivity index (χ3v) is 5.95. The van der Waals surface area contributed by atoms with Crippen molar-refractivity contribution in [1.29, 1.82) is 0 Å². The summed E-state index contributed by atoms with van der Waals surface area (Å²) < 4.78 is 2.04. The van der Waals surface area contributed by atoms with Crippen LogP contribution in [0.15, 0.2) is 27.1 Å². The lowest BCUT2D eigenvalue weighted by Crippen LogP contribution is -2.06. The van der Waals surface area contributed by atoms with Crippen LogP contribution in [0.5, 0.6) is 0 Å². The van der Waals surface area contributed by atoms with Gasteiger partial charge in [-0.25, -0.2) is 9.97 Å². The van der Waals surface area contributed by atoms with E-state index in [0.717, 1.165) is 49.9 Å². The summed E-state index contributed by atoms with van der Waals surface area (Å²) in [5, 5.41) is 3.36. The Bertz CT molecular complexity index is 661. The quantitative estimate of drug-likeness (QED) is 0.779. The van der Waals surface area contributed by atoms with Crippen LogP contribution in [0.4, 0.5) is 5.82 Å². The normalized spacial score (nSPS) is 13.3. The average molecular weight is 415 g/mol. The van der Waals surface area contributed by atoms with Crippen molar-refractivity contribution in [2.75, 3.05) is 11.9 Å². The number of anilines is 1. The standard InChI is InChI=1S/C14H13Br2N3S/c1-2-17-14-9-6-20-7-12(9)18-13(19-14)8-3-4-10(15)11(16)5-8/h3-5H,2,6-7H2,1H3,(H,17,18,19). The fourth-order valence-electron chi connectivity index (χ4n) is 2.13. The minimum atomic E-state index is 0.787. The first-order chi connectivity index (χ1) is 9.69. The molecule has 3 rings (SSSR count). The molecular formula is C14H13Br2N3S. The van der Waals surface area contributed by atoms with E-state index >= 15 is 0 Å². The Kier molecular flexibility index (Phi) is 4.33. The molecule has 0 bridgehead atoms. The molecule has 0 saturated carbocycles. The SMILES string of the molecule is CCNc1nc(-c2ccc(Br)c(Br)c2)nc2c1CSC2. The van der Waals surface area contributed by atoms with Gasteiger partial charge in [0.25, 0.3) is 0 Å². The summed E-state index contributed by atoms with van der Waals surface area (Å²) >= 11 is 8.91. The second-order valence-corrected chi connectivity index (χ2v) is 7.17. The number of fused-ring (bicyclic) bond motifs is 1. The predicted octanol–water partition coefficient (Wildman–Crippen LogP) is 4.85. The van der Waals surface area contributed by atoms with Gasteiger partial charge < -0.3 is 5.32 Å². The summed E-state index contributed by atoms with van der Waals surface area (Å²) in [6, 6.07) is 6.09. The highest BCUT2D eigenvalue weighted by atomic mass is 79.9. The fraction of sp³-hybridized carbons (Fsp3) is 0.286. The summed E-state index contributed by atoms with van der Waals surface area (Å²) in [6.07, 6.45) is 0. The number of nitrogens with zero attached hydrogens (tertiary/aromatic N) is 2. The number of rotatable bonds is 3. The molecule has 1 aliphatic rings. The zero-order valence-corrected chi connectivity index (χ0v) is 14.9. The minimum absolute atomic E-state index is 0.787. The predicted molar refractivity (Wildman–Crippen MR) is 92.0 cm³/mol. The largest absolute Gasteiger partial charge is 0.370 e. The molecule has 1 aromatic heterocycles. The lowest BCUT2D eigenvalue weighted by molar-refractivity contribution is 1.05. The van der Waals surface area contributed by atoms with Gasteiger partial charge in [-0.2, -0.15) is 11.8 Å². The van der Waals surface area contributed by atoms with Crippen LogP contribution < -0.4 is 5.32 Å². The number of halogens is 2. The van der Waals surface area contributed by atoms with Crippen molar-refractivity contribution in [3.63, 3.8) is 0 Å². The zero-order chi connectivity index (χ0) is 14.1. The first kappa shape index (κ1) is 14.4. The van der Waals surface area contributed by atoms with Gasteiger partial charge in [0, 0.05) is 38.1 Å². The lowest BCUT2D eigenvalue weighted by atomic mass is 10.2. The maximum absolute atomic E-state index is 4.73. The van der Waals surface area contributed by atoms with Crippen molar-refractivity contribution in [3.05, 3.63) is 38.4 Å². The van der Waals surface area contributed by atoms with E-state index in [9.17, 15) is 0 Å². The number of hydrogen-bond donors (Lipinski definition) is 1. The molecule has 0 aliphatic carbocycles. The third kappa shape index (κ3) is 2.73. The smallest absolute Gasteiger partial charge is 0.161 e. The summed E-state index contributed by atoms with van der Waals surface area (Å²) in [4.78, 5) is 9.43. The molecule has 0 atom stereocenters. The monoisotopic (exact) mass is 413 g/mol. The highest BCUT2D eigenvalue weighted by Crippen LogP contribution is 2.35. The van der Waals surface area contributed by atoms with Crippen LogP contribution in [-0.2, 0) is 11.5 Å². The molecule has 1 N–H and O–H groups in total. The zero-order valence-electron chi connectivity index (χ0n) is 10.9. The Hall–Kier alpha value is -0.590. The van der Waals surface area contributed by atoms with Crippen LogP contribution in [0.3, 0.4) is 0 Å². The Morgan fingerprint density at radius 3 is 2.80 bits per heavy atom. The highest BCUT2D eigenvalue weighted by Gasteiger charge is 2.20. The van der Waals surface area contributed by atoms with E-state index in [0.29, 0.717) is 0 Å². The van der Waals surface area contributed by atoms with E-state index in [1.807, 2.05) is 30.0 Å². The first-order valence-electron chi connectivity index (χ1n) is 6.36. The van der Waals surface area contributed by atoms with Crippen molar-refractivity contribution in [1.82, 2.24) is 9.97 Å². The van der Waals surface area contributed by atoms with Crippen LogP contribution in [-0.4, -0.2) is 16.5 Å². The Morgan fingerprint density at radius 2 is 2.05 bits per heavy atom. The van der Waals surface area contributed by atoms with Gasteiger partial charge >= 0.3 is 0 Å². The average Bonchev–Trinajstić information content (AvgIpc) is 2.90. The molecule has 2 heterocycles. The van der Waals surface area contributed by atoms with E-state index in [2.05, 4.69) is 44.1 Å². The molecule has 1 aromatic carbocycles. The van der Waals surface area contributed by atoms with Crippen molar-refractivity contribution in [2.24, 2.45) is 0 Å². The van der Waals surface area contributed by atoms with Gasteiger partial charge in [0.2, 0.25) is 0 Å². The van der Waals surface area contributed by atoms with Crippen molar-refractivity contribution >= 4 is 49.4 Å². The second kappa shape index (κ2) is 6.03. The molecule has 104 valence electrons. The summed E-state index contributed by atoms with van der Waals surface area (Å²) in [7, 11) is 0. The number of thioether (sulfide) groups is 1. The number of hydrogen-bond acceptors (Lipinski definition) is 4. The van der Waals surface area contributed by atoms with Gasteiger partial charge in [-0.05, 0) is 57.0 Å². The van der Waals surface area contributed by atoms with Gasteiger partial charge in [0.1, 0.15) is 5.82 Å². The van der Waals surface area contributed by atoms with Crippen LogP contribution in [0.25, 0.3) is 11.4 Å². The lowest BCUT2D eigenvalue weighted by Gasteiger charge is -2.11. The molecule has 6 heteroatoms. The van der Waals surface area contributed by atoms with Crippen LogP contribution in [0.2, 0.25) is 0 Å². The molecule has 20 heavy (non-hydrogen) atoms. The molecule has 0 unspecified atom stereocenters. The highest BCUT2D eigenvalue weighted by molar-refractivity contribution is 9.13. The van der Waals surface area contributed by atoms with Crippen molar-refractivity contribution in [2.45, 2.75) is 18.4 Å². The van der Waals surface area contributed by atoms with Gasteiger partial charge in [0.15, 0.2) is 5.82 Å². The van der Waals surface area contributed by atoms with E-state index in [1.54, 1.807) is 0 Å². The second-order valence-electron chi connectivity index (χ2n) is 4.47. The van der Waals surface area contributed by atoms with Crippen LogP contribution >= 0.6 is 43.6 Å². The molecule has 0 amide bonds. The molecule has 2 aromatic rings. The summed E-state index contributed by atoms with van der Waals surface area (Å²) in [5.74, 6) is 3.75. The van der Waals surface area contributed by atoms with Crippen LogP contribution in [0, 0.1) is 0 Å². The number of aromatic nitrogens is 2. The number of benzene rings is 1. The molecule has 1 aliphatic heterocycles. The van der Waals surface area contributed by atoms with Crippen LogP contribution in [0.1, 0.15) is 18.2 Å². The summed E-state index contributed by atoms with van der Waals surface area (Å²) in [5.41, 5.74) is 3.45. The van der Waals surface area contributed by atoms with Gasteiger partial charge in [-0.1, -0.05) is 0 Å². The molecule has 3 nitrogen and oxygen atoms in total. The Morgan fingerprint density at radius 1 is 1.20 bits per heavy atom. The van der Waals surface area contributed by atoms with Gasteiger partial charge in [0.05, 0.1) is 5.69 Å². The van der Waals surface area contributed by atoms with E-state index in [1.165, 1.54) is 5.56 Å². The van der Waals surface area contributed by atoms with Gasteiger partial charge in [-0.3, -0.25) is 0 Å². The molecular weight excluding hydrogens is 402 g/mol. The topological polar surface area (TPSA) is 37.8 Å². The van der Waals surface area contributed by atoms with E-state index in [-0.39, 0.29) is 0 Å². The molecule has 0 saturated heterocycles. The van der Waals surface area contributed by atoms with E-state index in [4.69, 9.17) is 9.97 Å². The Balaban J connectivity index is 2.09. The first-order valence-corrected chi connectivity index (χ1v) is 9.10. The van der Waals surface area contributed by atoms with Crippen molar-refractivity contribution in [3.8, 4) is 11.4 Å². The maximum atomic E-state index is 4.73. The maximum Gasteiger partial charge on any atom is 0.161 e. The molecule has 0 fully saturated rings. The van der Waals surface area contributed by atoms with E-state index < -0.39 is 0 Å². The summed E-state index contributed by atoms with van der Waals surface area (Å²) in [6.45, 7) is 2.96. The third-order valence-electron chi connectivity index (χ3n) is 3.10. The Labute approximate surface area is 139 Å². The van der Waals surface area contributed by atoms with Gasteiger partial charge in [-0.15, -0.1) is 0 Å². The minimum Gasteiger partial charge on any atom is -0.370 e.